The lowest BCUT2D eigenvalue weighted by atomic mass is 10.5. The van der Waals surface area contributed by atoms with Gasteiger partial charge in [-0.3, -0.25) is 0 Å². The fourth-order valence-electron chi connectivity index (χ4n) is 1.03. The van der Waals surface area contributed by atoms with Crippen molar-refractivity contribution in [2.24, 2.45) is 5.73 Å². The maximum atomic E-state index is 5.45. The number of nitrogens with one attached hydrogen (secondary N) is 1. The summed E-state index contributed by atoms with van der Waals surface area (Å²) in [6.45, 7) is 0.599. The fraction of sp³-hybridized carbons (Fsp3) is 0.333. The topological polar surface area (TPSA) is 41.3 Å². The number of nitrogens with two attached hydrogens (primary N) is 1. The first-order valence-electron chi connectivity index (χ1n) is 3.17. The van der Waals surface area contributed by atoms with Gasteiger partial charge < -0.3 is 16.0 Å². The summed E-state index contributed by atoms with van der Waals surface area (Å²) in [4.78, 5) is 2.12. The molecule has 2 rings (SSSR count). The number of fused-ring (bicyclic) bond motifs is 1. The minimum absolute atomic E-state index is 0.374. The van der Waals surface area contributed by atoms with Crippen LogP contribution in [0.15, 0.2) is 23.5 Å². The second kappa shape index (κ2) is 2.21. The Balaban J connectivity index is 2.12. The van der Waals surface area contributed by atoms with Gasteiger partial charge in [0.15, 0.2) is 5.50 Å². The highest BCUT2D eigenvalue weighted by Gasteiger charge is 2.23. The first-order chi connectivity index (χ1) is 4.90. The van der Waals surface area contributed by atoms with Gasteiger partial charge >= 0.3 is 0 Å². The third-order valence-corrected chi connectivity index (χ3v) is 2.44. The van der Waals surface area contributed by atoms with Gasteiger partial charge in [-0.1, -0.05) is 11.8 Å². The molecule has 0 aromatic rings. The number of rotatable bonds is 1. The quantitative estimate of drug-likeness (QED) is 0.567. The number of hydrogen-bond acceptors (Lipinski definition) is 4. The molecule has 3 nitrogen and oxygen atoms in total. The molecule has 0 aromatic carbocycles. The van der Waals surface area contributed by atoms with Gasteiger partial charge in [0.2, 0.25) is 0 Å². The monoisotopic (exact) mass is 155 g/mol. The molecule has 0 fully saturated rings. The van der Waals surface area contributed by atoms with E-state index < -0.39 is 0 Å². The summed E-state index contributed by atoms with van der Waals surface area (Å²) in [5.74, 6) is 0. The van der Waals surface area contributed by atoms with E-state index in [-0.39, 0.29) is 0 Å². The van der Waals surface area contributed by atoms with Crippen LogP contribution in [0.2, 0.25) is 0 Å². The maximum Gasteiger partial charge on any atom is 0.155 e. The summed E-state index contributed by atoms with van der Waals surface area (Å²) in [5, 5.41) is 5.34. The summed E-state index contributed by atoms with van der Waals surface area (Å²) in [6, 6.07) is 0. The summed E-state index contributed by atoms with van der Waals surface area (Å²) in [5.41, 5.74) is 6.93. The molecule has 0 saturated carbocycles. The van der Waals surface area contributed by atoms with Crippen LogP contribution in [-0.4, -0.2) is 16.9 Å². The summed E-state index contributed by atoms with van der Waals surface area (Å²) in [7, 11) is 0. The van der Waals surface area contributed by atoms with Gasteiger partial charge in [-0.15, -0.1) is 0 Å². The van der Waals surface area contributed by atoms with E-state index in [1.807, 2.05) is 12.4 Å². The number of thioether (sulfide) groups is 1. The van der Waals surface area contributed by atoms with Crippen LogP contribution in [0.3, 0.4) is 0 Å². The van der Waals surface area contributed by atoms with Crippen molar-refractivity contribution in [2.75, 3.05) is 6.54 Å². The molecule has 0 saturated heterocycles. The second-order valence-electron chi connectivity index (χ2n) is 2.22. The molecule has 0 spiro atoms. The number of hydrogen-bond donors (Lipinski definition) is 2. The number of nitrogens with zero attached hydrogens (tertiary/aromatic N) is 1. The third kappa shape index (κ3) is 0.803. The molecular weight excluding hydrogens is 146 g/mol. The van der Waals surface area contributed by atoms with Crippen LogP contribution in [0, 0.1) is 0 Å². The Morgan fingerprint density at radius 3 is 3.40 bits per heavy atom. The molecule has 0 radical (unpaired) electrons. The Bertz CT molecular complexity index is 199. The SMILES string of the molecule is NCC1=CN2C=CSC2N1. The summed E-state index contributed by atoms with van der Waals surface area (Å²) < 4.78 is 0. The van der Waals surface area contributed by atoms with Crippen molar-refractivity contribution < 1.29 is 0 Å². The molecule has 2 aliphatic heterocycles. The standard InChI is InChI=1S/C6H9N3S/c7-3-5-4-9-1-2-10-6(9)8-5/h1-2,4,6,8H,3,7H2. The van der Waals surface area contributed by atoms with E-state index in [0.29, 0.717) is 12.0 Å². The van der Waals surface area contributed by atoms with E-state index in [0.717, 1.165) is 5.70 Å². The molecule has 1 atom stereocenters. The predicted octanol–water partition coefficient (Wildman–Crippen LogP) is 0.193. The molecule has 2 heterocycles. The lowest BCUT2D eigenvalue weighted by Gasteiger charge is -2.12. The van der Waals surface area contributed by atoms with E-state index in [2.05, 4.69) is 15.6 Å². The van der Waals surface area contributed by atoms with Gasteiger partial charge in [-0.2, -0.15) is 0 Å². The highest BCUT2D eigenvalue weighted by Crippen LogP contribution is 2.27. The van der Waals surface area contributed by atoms with Crippen LogP contribution >= 0.6 is 11.8 Å². The minimum atomic E-state index is 0.374. The second-order valence-corrected chi connectivity index (χ2v) is 3.21. The summed E-state index contributed by atoms with van der Waals surface area (Å²) in [6.07, 6.45) is 4.09. The Kier molecular flexibility index (Phi) is 1.35. The Hall–Kier alpha value is -0.610. The largest absolute Gasteiger partial charge is 0.357 e. The van der Waals surface area contributed by atoms with Crippen molar-refractivity contribution >= 4 is 11.8 Å². The molecule has 4 heteroatoms. The van der Waals surface area contributed by atoms with Crippen LogP contribution in [0.1, 0.15) is 0 Å². The van der Waals surface area contributed by atoms with Crippen molar-refractivity contribution in [3.63, 3.8) is 0 Å². The van der Waals surface area contributed by atoms with Crippen LogP contribution in [0.25, 0.3) is 0 Å². The van der Waals surface area contributed by atoms with Crippen LogP contribution in [-0.2, 0) is 0 Å². The first kappa shape index (κ1) is 6.12. The van der Waals surface area contributed by atoms with Crippen LogP contribution in [0.4, 0.5) is 0 Å². The molecule has 0 bridgehead atoms. The molecule has 1 unspecified atom stereocenters. The Morgan fingerprint density at radius 1 is 1.80 bits per heavy atom. The van der Waals surface area contributed by atoms with E-state index >= 15 is 0 Å². The third-order valence-electron chi connectivity index (χ3n) is 1.54. The lowest BCUT2D eigenvalue weighted by molar-refractivity contribution is 0.490. The molecule has 54 valence electrons. The normalized spacial score (nSPS) is 28.3. The predicted molar refractivity (Wildman–Crippen MR) is 42.6 cm³/mol. The van der Waals surface area contributed by atoms with E-state index in [1.54, 1.807) is 11.8 Å². The van der Waals surface area contributed by atoms with Gasteiger partial charge in [-0.25, -0.2) is 0 Å². The van der Waals surface area contributed by atoms with Gasteiger partial charge in [0, 0.05) is 24.6 Å². The zero-order valence-corrected chi connectivity index (χ0v) is 6.27. The lowest BCUT2D eigenvalue weighted by Crippen LogP contribution is -2.27. The van der Waals surface area contributed by atoms with Crippen molar-refractivity contribution in [1.29, 1.82) is 0 Å². The molecule has 0 aliphatic carbocycles. The molecule has 2 aliphatic rings. The van der Waals surface area contributed by atoms with E-state index in [4.69, 9.17) is 5.73 Å². The highest BCUT2D eigenvalue weighted by molar-refractivity contribution is 8.02. The first-order valence-corrected chi connectivity index (χ1v) is 4.11. The van der Waals surface area contributed by atoms with Crippen molar-refractivity contribution in [3.05, 3.63) is 23.5 Å². The molecule has 10 heavy (non-hydrogen) atoms. The smallest absolute Gasteiger partial charge is 0.155 e. The molecule has 0 amide bonds. The Morgan fingerprint density at radius 2 is 2.70 bits per heavy atom. The van der Waals surface area contributed by atoms with Gasteiger partial charge in [-0.05, 0) is 5.41 Å². The zero-order chi connectivity index (χ0) is 6.97. The van der Waals surface area contributed by atoms with Crippen molar-refractivity contribution in [2.45, 2.75) is 5.50 Å². The fourth-order valence-corrected chi connectivity index (χ4v) is 1.89. The van der Waals surface area contributed by atoms with E-state index in [9.17, 15) is 0 Å². The van der Waals surface area contributed by atoms with Crippen molar-refractivity contribution in [3.8, 4) is 0 Å². The average Bonchev–Trinajstić information content (AvgIpc) is 2.42. The molecule has 3 N–H and O–H groups in total. The van der Waals surface area contributed by atoms with E-state index in [1.165, 1.54) is 0 Å². The zero-order valence-electron chi connectivity index (χ0n) is 5.45. The van der Waals surface area contributed by atoms with Gasteiger partial charge in [0.1, 0.15) is 0 Å². The average molecular weight is 155 g/mol. The highest BCUT2D eigenvalue weighted by atomic mass is 32.2. The van der Waals surface area contributed by atoms with Crippen LogP contribution < -0.4 is 11.1 Å². The molecular formula is C6H9N3S. The minimum Gasteiger partial charge on any atom is -0.357 e. The van der Waals surface area contributed by atoms with Gasteiger partial charge in [0.05, 0.1) is 0 Å². The van der Waals surface area contributed by atoms with Crippen LogP contribution in [0.5, 0.6) is 0 Å². The summed E-state index contributed by atoms with van der Waals surface area (Å²) >= 11 is 1.76. The maximum absolute atomic E-state index is 5.45. The Labute approximate surface area is 63.9 Å². The van der Waals surface area contributed by atoms with Crippen molar-refractivity contribution in [1.82, 2.24) is 10.2 Å². The molecule has 0 aromatic heterocycles. The van der Waals surface area contributed by atoms with Gasteiger partial charge in [0.25, 0.3) is 0 Å².